The van der Waals surface area contributed by atoms with E-state index in [4.69, 9.17) is 4.55 Å². The number of rotatable bonds is 3. The molecule has 0 bridgehead atoms. The van der Waals surface area contributed by atoms with E-state index in [2.05, 4.69) is 96.0 Å². The molecule has 0 aliphatic carbocycles. The molecule has 0 radical (unpaired) electrons. The van der Waals surface area contributed by atoms with Crippen molar-refractivity contribution in [1.82, 2.24) is 4.90 Å². The summed E-state index contributed by atoms with van der Waals surface area (Å²) >= 11 is 0. The molecule has 1 N–H and O–H groups in total. The van der Waals surface area contributed by atoms with Gasteiger partial charge in [0.1, 0.15) is 0 Å². The summed E-state index contributed by atoms with van der Waals surface area (Å²) in [4.78, 5) is 2.28. The molecule has 2 aromatic carbocycles. The van der Waals surface area contributed by atoms with Gasteiger partial charge in [0.15, 0.2) is 0 Å². The van der Waals surface area contributed by atoms with Crippen LogP contribution in [0.25, 0.3) is 11.1 Å². The Bertz CT molecular complexity index is 875. The summed E-state index contributed by atoms with van der Waals surface area (Å²) in [7, 11) is -1.15. The van der Waals surface area contributed by atoms with E-state index >= 15 is 0 Å². The minimum Gasteiger partial charge on any atom is -0.373 e. The van der Waals surface area contributed by atoms with Crippen molar-refractivity contribution in [2.24, 2.45) is 0 Å². The Labute approximate surface area is 155 Å². The van der Waals surface area contributed by atoms with Crippen LogP contribution in [0.2, 0.25) is 0 Å². The van der Waals surface area contributed by atoms with Crippen LogP contribution in [-0.4, -0.2) is 38.1 Å². The number of likely N-dealkylation sites (N-methyl/N-ethyl adjacent to an activating group) is 1. The quantitative estimate of drug-likeness (QED) is 0.827. The maximum Gasteiger partial charge on any atom is 0.397 e. The maximum atomic E-state index is 9.33. The van der Waals surface area contributed by atoms with Crippen molar-refractivity contribution in [2.45, 2.75) is 13.0 Å². The average Bonchev–Trinajstić information content (AvgIpc) is 2.65. The molecular formula is C20H23NO4S. The van der Waals surface area contributed by atoms with Crippen molar-refractivity contribution in [3.8, 4) is 0 Å². The first-order valence-corrected chi connectivity index (χ1v) is 9.47. The van der Waals surface area contributed by atoms with E-state index in [1.165, 1.54) is 22.3 Å². The van der Waals surface area contributed by atoms with E-state index in [0.29, 0.717) is 6.04 Å². The van der Waals surface area contributed by atoms with Gasteiger partial charge in [-0.05, 0) is 35.3 Å². The highest BCUT2D eigenvalue weighted by Gasteiger charge is 2.19. The van der Waals surface area contributed by atoms with Crippen LogP contribution in [0, 0.1) is 0 Å². The van der Waals surface area contributed by atoms with Gasteiger partial charge in [-0.25, -0.2) is 0 Å². The molecule has 1 aliphatic heterocycles. The highest BCUT2D eigenvalue weighted by atomic mass is 32.3. The summed E-state index contributed by atoms with van der Waals surface area (Å²) in [6, 6.07) is 21.6. The molecule has 6 heteroatoms. The lowest BCUT2D eigenvalue weighted by Crippen LogP contribution is -2.28. The van der Waals surface area contributed by atoms with Crippen LogP contribution in [0.4, 0.5) is 0 Å². The van der Waals surface area contributed by atoms with E-state index in [1.807, 2.05) is 0 Å². The second-order valence-electron chi connectivity index (χ2n) is 5.85. The lowest BCUT2D eigenvalue weighted by atomic mass is 9.91. The van der Waals surface area contributed by atoms with Crippen molar-refractivity contribution in [2.75, 3.05) is 14.2 Å². The first-order valence-electron chi connectivity index (χ1n) is 8.11. The summed E-state index contributed by atoms with van der Waals surface area (Å²) in [5, 5.41) is 0. The number of allylic oxidation sites excluding steroid dienone is 2. The summed E-state index contributed by atoms with van der Waals surface area (Å²) in [6.45, 7) is 2.25. The maximum absolute atomic E-state index is 9.33. The van der Waals surface area contributed by atoms with E-state index in [-0.39, 0.29) is 0 Å². The van der Waals surface area contributed by atoms with Crippen LogP contribution in [0.3, 0.4) is 0 Å². The molecule has 1 heterocycles. The molecular weight excluding hydrogens is 350 g/mol. The fourth-order valence-corrected chi connectivity index (χ4v) is 2.62. The van der Waals surface area contributed by atoms with Crippen molar-refractivity contribution in [1.29, 1.82) is 0 Å². The van der Waals surface area contributed by atoms with Crippen LogP contribution in [0.1, 0.15) is 18.1 Å². The Morgan fingerprint density at radius 3 is 1.88 bits per heavy atom. The molecule has 0 saturated heterocycles. The molecule has 0 aromatic heterocycles. The Morgan fingerprint density at radius 1 is 0.962 bits per heavy atom. The molecule has 138 valence electrons. The van der Waals surface area contributed by atoms with Gasteiger partial charge in [0.25, 0.3) is 0 Å². The van der Waals surface area contributed by atoms with Crippen LogP contribution >= 0.6 is 0 Å². The third-order valence-corrected chi connectivity index (χ3v) is 4.56. The third kappa shape index (κ3) is 5.56. The van der Waals surface area contributed by atoms with Gasteiger partial charge in [-0.3, -0.25) is 8.74 Å². The first kappa shape index (κ1) is 19.9. The van der Waals surface area contributed by atoms with Crippen molar-refractivity contribution in [3.05, 3.63) is 84.1 Å². The van der Waals surface area contributed by atoms with Gasteiger partial charge in [0, 0.05) is 13.2 Å². The highest BCUT2D eigenvalue weighted by molar-refractivity contribution is 7.80. The molecule has 0 fully saturated rings. The van der Waals surface area contributed by atoms with Crippen molar-refractivity contribution in [3.63, 3.8) is 0 Å². The predicted molar refractivity (Wildman–Crippen MR) is 105 cm³/mol. The van der Waals surface area contributed by atoms with Crippen LogP contribution in [0.15, 0.2) is 72.9 Å². The Hall–Kier alpha value is -2.41. The topological polar surface area (TPSA) is 66.8 Å². The van der Waals surface area contributed by atoms with E-state index in [1.54, 1.807) is 0 Å². The third-order valence-electron chi connectivity index (χ3n) is 4.14. The largest absolute Gasteiger partial charge is 0.397 e. The van der Waals surface area contributed by atoms with Gasteiger partial charge in [0.2, 0.25) is 0 Å². The molecule has 0 spiro atoms. The van der Waals surface area contributed by atoms with E-state index in [0.717, 1.165) is 7.11 Å². The summed E-state index contributed by atoms with van der Waals surface area (Å²) in [5.41, 5.74) is 5.20. The number of hydrogen-bond donors (Lipinski definition) is 1. The normalized spacial score (nSPS) is 16.9. The van der Waals surface area contributed by atoms with E-state index in [9.17, 15) is 8.42 Å². The molecule has 1 unspecified atom stereocenters. The highest BCUT2D eigenvalue weighted by Crippen LogP contribution is 2.31. The van der Waals surface area contributed by atoms with Gasteiger partial charge >= 0.3 is 10.4 Å². The molecule has 26 heavy (non-hydrogen) atoms. The molecule has 0 amide bonds. The predicted octanol–water partition coefficient (Wildman–Crippen LogP) is 3.88. The zero-order valence-electron chi connectivity index (χ0n) is 15.0. The fourth-order valence-electron chi connectivity index (χ4n) is 2.62. The monoisotopic (exact) mass is 373 g/mol. The summed E-state index contributed by atoms with van der Waals surface area (Å²) < 4.78 is 29.7. The van der Waals surface area contributed by atoms with Crippen LogP contribution in [-0.2, 0) is 14.6 Å². The van der Waals surface area contributed by atoms with Gasteiger partial charge in [0.05, 0.1) is 13.2 Å². The number of hydrogen-bond acceptors (Lipinski definition) is 4. The standard InChI is InChI=1S/C19H19N.CH4O4S/c1-15-19(17-11-7-4-8-12-17)13-18(14-20(15)2)16-9-5-3-6-10-16;1-5-6(2,3)4/h3-15H,1-2H3;1H3,(H,2,3,4). The lowest BCUT2D eigenvalue weighted by Gasteiger charge is -2.31. The van der Waals surface area contributed by atoms with Crippen molar-refractivity contribution >= 4 is 21.5 Å². The zero-order valence-corrected chi connectivity index (χ0v) is 15.8. The Morgan fingerprint density at radius 2 is 1.42 bits per heavy atom. The number of benzene rings is 2. The van der Waals surface area contributed by atoms with Gasteiger partial charge in [-0.1, -0.05) is 60.7 Å². The minimum absolute atomic E-state index is 0.393. The zero-order chi connectivity index (χ0) is 19.2. The smallest absolute Gasteiger partial charge is 0.373 e. The van der Waals surface area contributed by atoms with E-state index < -0.39 is 10.4 Å². The molecule has 5 nitrogen and oxygen atoms in total. The first-order chi connectivity index (χ1) is 12.3. The SMILES string of the molecule is CC1C(c2ccccc2)=CC(c2ccccc2)=CN1C.COS(=O)(=O)O. The second kappa shape index (κ2) is 8.80. The molecule has 1 atom stereocenters. The molecule has 3 rings (SSSR count). The van der Waals surface area contributed by atoms with Crippen LogP contribution in [0.5, 0.6) is 0 Å². The molecule has 0 saturated carbocycles. The van der Waals surface area contributed by atoms with Gasteiger partial charge in [-0.2, -0.15) is 8.42 Å². The molecule has 2 aromatic rings. The summed E-state index contributed by atoms with van der Waals surface area (Å²) in [5.74, 6) is 0. The summed E-state index contributed by atoms with van der Waals surface area (Å²) in [6.07, 6.45) is 4.54. The van der Waals surface area contributed by atoms with Crippen LogP contribution < -0.4 is 0 Å². The Balaban J connectivity index is 0.000000352. The lowest BCUT2D eigenvalue weighted by molar-refractivity contribution is 0.324. The van der Waals surface area contributed by atoms with Gasteiger partial charge < -0.3 is 4.90 Å². The second-order valence-corrected chi connectivity index (χ2v) is 7.04. The number of nitrogens with zero attached hydrogens (tertiary/aromatic N) is 1. The van der Waals surface area contributed by atoms with Gasteiger partial charge in [-0.15, -0.1) is 0 Å². The minimum atomic E-state index is -4.16. The average molecular weight is 373 g/mol. The molecule has 1 aliphatic rings. The van der Waals surface area contributed by atoms with Crippen molar-refractivity contribution < 1.29 is 17.2 Å². The fraction of sp³-hybridized carbons (Fsp3) is 0.200. The Kier molecular flexibility index (Phi) is 6.74.